The van der Waals surface area contributed by atoms with E-state index in [1.54, 1.807) is 6.20 Å². The minimum Gasteiger partial charge on any atom is -0.456 e. The largest absolute Gasteiger partial charge is 0.456 e. The number of rotatable bonds is 5. The van der Waals surface area contributed by atoms with Crippen LogP contribution in [0.1, 0.15) is 0 Å². The maximum absolute atomic E-state index is 6.29. The molecular formula is C52H30N4O2. The first-order chi connectivity index (χ1) is 28.8. The molecule has 0 fully saturated rings. The van der Waals surface area contributed by atoms with E-state index in [0.717, 1.165) is 88.0 Å². The number of para-hydroxylation sites is 2. The third-order valence-corrected chi connectivity index (χ3v) is 11.2. The third kappa shape index (κ3) is 4.98. The van der Waals surface area contributed by atoms with Gasteiger partial charge >= 0.3 is 0 Å². The lowest BCUT2D eigenvalue weighted by Gasteiger charge is -2.16. The van der Waals surface area contributed by atoms with Gasteiger partial charge in [-0.15, -0.1) is 0 Å². The number of nitrogens with zero attached hydrogens (tertiary/aromatic N) is 4. The van der Waals surface area contributed by atoms with E-state index < -0.39 is 0 Å². The molecular weight excluding hydrogens is 713 g/mol. The van der Waals surface area contributed by atoms with Crippen molar-refractivity contribution in [3.05, 3.63) is 182 Å². The highest BCUT2D eigenvalue weighted by atomic mass is 16.3. The van der Waals surface area contributed by atoms with Gasteiger partial charge in [-0.3, -0.25) is 4.98 Å². The first kappa shape index (κ1) is 32.3. The van der Waals surface area contributed by atoms with E-state index >= 15 is 0 Å². The second-order valence-electron chi connectivity index (χ2n) is 14.5. The summed E-state index contributed by atoms with van der Waals surface area (Å²) in [4.78, 5) is 20.2. The van der Waals surface area contributed by atoms with Gasteiger partial charge in [-0.05, 0) is 74.1 Å². The normalized spacial score (nSPS) is 11.8. The van der Waals surface area contributed by atoms with Crippen LogP contribution in [0, 0.1) is 0 Å². The average molecular weight is 743 g/mol. The van der Waals surface area contributed by atoms with Crippen LogP contribution >= 0.6 is 0 Å². The van der Waals surface area contributed by atoms with Crippen molar-refractivity contribution in [3.63, 3.8) is 0 Å². The van der Waals surface area contributed by atoms with Gasteiger partial charge in [0.25, 0.3) is 0 Å². The van der Waals surface area contributed by atoms with Crippen molar-refractivity contribution in [1.82, 2.24) is 19.9 Å². The van der Waals surface area contributed by atoms with E-state index in [2.05, 4.69) is 109 Å². The van der Waals surface area contributed by atoms with Gasteiger partial charge in [0, 0.05) is 33.5 Å². The molecule has 4 heterocycles. The first-order valence-corrected chi connectivity index (χ1v) is 19.3. The van der Waals surface area contributed by atoms with Gasteiger partial charge in [0.05, 0.1) is 5.39 Å². The monoisotopic (exact) mass is 742 g/mol. The van der Waals surface area contributed by atoms with Crippen molar-refractivity contribution in [2.24, 2.45) is 0 Å². The molecule has 0 amide bonds. The predicted octanol–water partition coefficient (Wildman–Crippen LogP) is 13.7. The molecule has 0 spiro atoms. The van der Waals surface area contributed by atoms with Crippen LogP contribution in [0.15, 0.2) is 191 Å². The fourth-order valence-electron chi connectivity index (χ4n) is 8.66. The summed E-state index contributed by atoms with van der Waals surface area (Å²) < 4.78 is 12.5. The molecule has 0 aliphatic carbocycles. The van der Waals surface area contributed by atoms with Crippen LogP contribution in [0.25, 0.3) is 122 Å². The molecule has 270 valence electrons. The summed E-state index contributed by atoms with van der Waals surface area (Å²) in [5.74, 6) is 1.62. The van der Waals surface area contributed by atoms with Gasteiger partial charge in [-0.1, -0.05) is 146 Å². The number of hydrogen-bond donors (Lipinski definition) is 0. The van der Waals surface area contributed by atoms with Gasteiger partial charge < -0.3 is 8.83 Å². The number of aromatic nitrogens is 4. The molecule has 0 radical (unpaired) electrons. The third-order valence-electron chi connectivity index (χ3n) is 11.2. The Morgan fingerprint density at radius 3 is 1.41 bits per heavy atom. The van der Waals surface area contributed by atoms with Gasteiger partial charge in [0.2, 0.25) is 0 Å². The highest BCUT2D eigenvalue weighted by molar-refractivity contribution is 6.18. The van der Waals surface area contributed by atoms with E-state index in [-0.39, 0.29) is 0 Å². The van der Waals surface area contributed by atoms with Crippen LogP contribution in [0.3, 0.4) is 0 Å². The number of furan rings is 2. The van der Waals surface area contributed by atoms with Crippen LogP contribution < -0.4 is 0 Å². The summed E-state index contributed by atoms with van der Waals surface area (Å²) in [6.45, 7) is 0. The Morgan fingerprint density at radius 1 is 0.293 bits per heavy atom. The Kier molecular flexibility index (Phi) is 7.13. The van der Waals surface area contributed by atoms with Crippen molar-refractivity contribution in [2.75, 3.05) is 0 Å². The number of pyridine rings is 1. The Labute approximate surface area is 331 Å². The van der Waals surface area contributed by atoms with E-state index in [4.69, 9.17) is 28.8 Å². The van der Waals surface area contributed by atoms with E-state index in [1.165, 1.54) is 10.8 Å². The Balaban J connectivity index is 1.06. The molecule has 0 aliphatic heterocycles. The van der Waals surface area contributed by atoms with Crippen molar-refractivity contribution in [3.8, 4) is 56.5 Å². The smallest absolute Gasteiger partial charge is 0.183 e. The Morgan fingerprint density at radius 2 is 0.759 bits per heavy atom. The predicted molar refractivity (Wildman–Crippen MR) is 234 cm³/mol. The van der Waals surface area contributed by atoms with E-state index in [1.807, 2.05) is 66.7 Å². The van der Waals surface area contributed by atoms with Gasteiger partial charge in [0.1, 0.15) is 28.0 Å². The minimum atomic E-state index is 0.483. The lowest BCUT2D eigenvalue weighted by atomic mass is 9.88. The van der Waals surface area contributed by atoms with Crippen molar-refractivity contribution in [1.29, 1.82) is 0 Å². The summed E-state index contributed by atoms with van der Waals surface area (Å²) in [5, 5.41) is 8.57. The summed E-state index contributed by atoms with van der Waals surface area (Å²) in [6.07, 6.45) is 1.75. The molecule has 58 heavy (non-hydrogen) atoms. The quantitative estimate of drug-likeness (QED) is 0.175. The first-order valence-electron chi connectivity index (χ1n) is 19.3. The highest BCUT2D eigenvalue weighted by Gasteiger charge is 2.21. The van der Waals surface area contributed by atoms with Crippen LogP contribution in [0.5, 0.6) is 0 Å². The SMILES string of the molecule is c1ccc(-c2nc(-c3ccc(-c4ccc(-c5cccc6oc7ccccc7c56)c5ccccc45)c4ccccc34)nc(-c3nccc4oc5ccccc5c34)n2)cc1. The van der Waals surface area contributed by atoms with Crippen LogP contribution in [-0.4, -0.2) is 19.9 Å². The lowest BCUT2D eigenvalue weighted by molar-refractivity contribution is 0.668. The molecule has 0 saturated carbocycles. The van der Waals surface area contributed by atoms with Crippen LogP contribution in [0.2, 0.25) is 0 Å². The highest BCUT2D eigenvalue weighted by Crippen LogP contribution is 2.44. The number of fused-ring (bicyclic) bond motifs is 8. The van der Waals surface area contributed by atoms with Gasteiger partial charge in [-0.25, -0.2) is 15.0 Å². The molecule has 0 bridgehead atoms. The molecule has 12 aromatic rings. The summed E-state index contributed by atoms with van der Waals surface area (Å²) in [6, 6.07) is 60.6. The molecule has 0 N–H and O–H groups in total. The van der Waals surface area contributed by atoms with Gasteiger partial charge in [0.15, 0.2) is 17.5 Å². The summed E-state index contributed by atoms with van der Waals surface area (Å²) in [7, 11) is 0. The van der Waals surface area contributed by atoms with Gasteiger partial charge in [-0.2, -0.15) is 0 Å². The minimum absolute atomic E-state index is 0.483. The zero-order valence-corrected chi connectivity index (χ0v) is 30.9. The average Bonchev–Trinajstić information content (AvgIpc) is 3.87. The fourth-order valence-corrected chi connectivity index (χ4v) is 8.66. The maximum Gasteiger partial charge on any atom is 0.183 e. The molecule has 0 unspecified atom stereocenters. The number of benzene rings is 8. The Bertz CT molecular complexity index is 3590. The van der Waals surface area contributed by atoms with Crippen molar-refractivity contribution >= 4 is 65.4 Å². The number of hydrogen-bond acceptors (Lipinski definition) is 6. The van der Waals surface area contributed by atoms with E-state index in [9.17, 15) is 0 Å². The molecule has 6 nitrogen and oxygen atoms in total. The van der Waals surface area contributed by atoms with Crippen molar-refractivity contribution in [2.45, 2.75) is 0 Å². The standard InChI is InChI=1S/C52H30N4O2/c1-2-13-31(14-3-1)50-54-51(56-52(55-50)49-48-42-20-9-11-23-44(42)58-46(48)29-30-53-49)40-28-27-37(34-17-6-7-18-35(34)40)36-25-26-38(33-16-5-4-15-32(33)36)39-21-12-24-45-47(39)41-19-8-10-22-43(41)57-45/h1-30H. The second-order valence-corrected chi connectivity index (χ2v) is 14.5. The molecule has 0 aliphatic rings. The van der Waals surface area contributed by atoms with Crippen molar-refractivity contribution < 1.29 is 8.83 Å². The zero-order valence-electron chi connectivity index (χ0n) is 30.9. The maximum atomic E-state index is 6.29. The van der Waals surface area contributed by atoms with E-state index in [0.29, 0.717) is 23.2 Å². The van der Waals surface area contributed by atoms with Crippen LogP contribution in [-0.2, 0) is 0 Å². The molecule has 0 atom stereocenters. The summed E-state index contributed by atoms with van der Waals surface area (Å²) >= 11 is 0. The second kappa shape index (κ2) is 12.8. The lowest BCUT2D eigenvalue weighted by Crippen LogP contribution is -2.02. The molecule has 0 saturated heterocycles. The molecule has 6 heteroatoms. The molecule has 8 aromatic carbocycles. The molecule has 4 aromatic heterocycles. The topological polar surface area (TPSA) is 77.8 Å². The van der Waals surface area contributed by atoms with Crippen LogP contribution in [0.4, 0.5) is 0 Å². The summed E-state index contributed by atoms with van der Waals surface area (Å²) in [5.41, 5.74) is 10.3. The molecule has 12 rings (SSSR count). The Hall–Kier alpha value is -7.96. The fraction of sp³-hybridized carbons (Fsp3) is 0. The zero-order chi connectivity index (χ0) is 38.2.